The molecule has 0 saturated carbocycles. The lowest BCUT2D eigenvalue weighted by molar-refractivity contribution is 0.547. The first-order chi connectivity index (χ1) is 6.49. The zero-order valence-corrected chi connectivity index (χ0v) is 10.3. The summed E-state index contributed by atoms with van der Waals surface area (Å²) in [5.74, 6) is 0. The molecule has 0 atom stereocenters. The van der Waals surface area contributed by atoms with Crippen molar-refractivity contribution in [2.24, 2.45) is 5.41 Å². The highest BCUT2D eigenvalue weighted by Crippen LogP contribution is 2.19. The van der Waals surface area contributed by atoms with Gasteiger partial charge in [0.2, 0.25) is 0 Å². The fourth-order valence-corrected chi connectivity index (χ4v) is 1.37. The highest BCUT2D eigenvalue weighted by molar-refractivity contribution is 7.09. The van der Waals surface area contributed by atoms with Gasteiger partial charge >= 0.3 is 0 Å². The number of aromatic nitrogens is 1. The number of thiazole rings is 1. The van der Waals surface area contributed by atoms with Gasteiger partial charge in [-0.3, -0.25) is 0 Å². The first-order valence-corrected chi connectivity index (χ1v) is 5.46. The lowest BCUT2D eigenvalue weighted by Crippen LogP contribution is -1.98. The molecule has 0 unspecified atom stereocenters. The van der Waals surface area contributed by atoms with Crippen molar-refractivity contribution in [1.82, 2.24) is 4.98 Å². The molecule has 0 amide bonds. The summed E-state index contributed by atoms with van der Waals surface area (Å²) < 4.78 is 0. The topological polar surface area (TPSA) is 12.9 Å². The van der Waals surface area contributed by atoms with Crippen LogP contribution in [0.25, 0.3) is 6.08 Å². The van der Waals surface area contributed by atoms with E-state index < -0.39 is 0 Å². The van der Waals surface area contributed by atoms with Crippen LogP contribution >= 0.6 is 11.3 Å². The normalized spacial score (nSPS) is 11.1. The van der Waals surface area contributed by atoms with E-state index in [1.54, 1.807) is 11.3 Å². The monoisotopic (exact) mass is 209 g/mol. The summed E-state index contributed by atoms with van der Waals surface area (Å²) in [6.07, 6.45) is 4.29. The van der Waals surface area contributed by atoms with Gasteiger partial charge < -0.3 is 0 Å². The standard InChI is InChI=1S/C10H15NS.C2H4/c1-8-9(11-7-12-8)5-6-10(2,3)4;1-2/h5-7H,1-4H3;1-2H2/b6-5-;. The van der Waals surface area contributed by atoms with Gasteiger partial charge in [-0.25, -0.2) is 4.98 Å². The maximum atomic E-state index is 4.25. The van der Waals surface area contributed by atoms with E-state index in [2.05, 4.69) is 58.0 Å². The van der Waals surface area contributed by atoms with Gasteiger partial charge in [-0.05, 0) is 18.4 Å². The lowest BCUT2D eigenvalue weighted by Gasteiger charge is -2.10. The van der Waals surface area contributed by atoms with Crippen molar-refractivity contribution in [3.05, 3.63) is 35.3 Å². The third kappa shape index (κ3) is 4.97. The second kappa shape index (κ2) is 5.76. The third-order valence-electron chi connectivity index (χ3n) is 1.52. The second-order valence-electron chi connectivity index (χ2n) is 3.99. The smallest absolute Gasteiger partial charge is 0.0801 e. The predicted octanol–water partition coefficient (Wildman–Crippen LogP) is 4.31. The van der Waals surface area contributed by atoms with Crippen LogP contribution in [0, 0.1) is 12.3 Å². The van der Waals surface area contributed by atoms with Gasteiger partial charge in [0.25, 0.3) is 0 Å². The largest absolute Gasteiger partial charge is 0.245 e. The molecular weight excluding hydrogens is 190 g/mol. The van der Waals surface area contributed by atoms with E-state index in [4.69, 9.17) is 0 Å². The highest BCUT2D eigenvalue weighted by Gasteiger charge is 2.04. The summed E-state index contributed by atoms with van der Waals surface area (Å²) in [7, 11) is 0. The average Bonchev–Trinajstić information content (AvgIpc) is 2.50. The maximum absolute atomic E-state index is 4.25. The number of allylic oxidation sites excluding steroid dienone is 1. The number of nitrogens with zero attached hydrogens (tertiary/aromatic N) is 1. The van der Waals surface area contributed by atoms with Gasteiger partial charge in [0.15, 0.2) is 0 Å². The van der Waals surface area contributed by atoms with E-state index >= 15 is 0 Å². The SMILES string of the molecule is C=C.Cc1scnc1/C=C\C(C)(C)C. The van der Waals surface area contributed by atoms with Crippen molar-refractivity contribution in [2.75, 3.05) is 0 Å². The summed E-state index contributed by atoms with van der Waals surface area (Å²) in [6, 6.07) is 0. The van der Waals surface area contributed by atoms with Crippen molar-refractivity contribution in [3.8, 4) is 0 Å². The minimum atomic E-state index is 0.246. The van der Waals surface area contributed by atoms with Crippen LogP contribution in [0.2, 0.25) is 0 Å². The van der Waals surface area contributed by atoms with E-state index in [1.165, 1.54) is 4.88 Å². The Hall–Kier alpha value is -0.890. The van der Waals surface area contributed by atoms with Crippen LogP contribution < -0.4 is 0 Å². The molecule has 78 valence electrons. The fraction of sp³-hybridized carbons (Fsp3) is 0.417. The van der Waals surface area contributed by atoms with Gasteiger partial charge in [0.1, 0.15) is 0 Å². The molecule has 1 nitrogen and oxygen atoms in total. The van der Waals surface area contributed by atoms with E-state index in [1.807, 2.05) is 5.51 Å². The molecule has 0 saturated heterocycles. The molecule has 0 aromatic carbocycles. The number of hydrogen-bond donors (Lipinski definition) is 0. The quantitative estimate of drug-likeness (QED) is 0.628. The molecule has 0 N–H and O–H groups in total. The fourth-order valence-electron chi connectivity index (χ4n) is 0.803. The van der Waals surface area contributed by atoms with Gasteiger partial charge in [-0.15, -0.1) is 24.5 Å². The molecule has 0 fully saturated rings. The van der Waals surface area contributed by atoms with Crippen LogP contribution in [0.1, 0.15) is 31.3 Å². The van der Waals surface area contributed by atoms with Crippen LogP contribution in [-0.4, -0.2) is 4.98 Å². The Labute approximate surface area is 91.2 Å². The van der Waals surface area contributed by atoms with Crippen molar-refractivity contribution >= 4 is 17.4 Å². The number of rotatable bonds is 1. The van der Waals surface area contributed by atoms with Gasteiger partial charge in [-0.1, -0.05) is 26.8 Å². The summed E-state index contributed by atoms with van der Waals surface area (Å²) in [6.45, 7) is 14.7. The van der Waals surface area contributed by atoms with Crippen molar-refractivity contribution in [1.29, 1.82) is 0 Å². The first kappa shape index (κ1) is 13.1. The first-order valence-electron chi connectivity index (χ1n) is 4.58. The molecule has 1 rings (SSSR count). The van der Waals surface area contributed by atoms with Crippen LogP contribution in [0.5, 0.6) is 0 Å². The molecule has 14 heavy (non-hydrogen) atoms. The Balaban J connectivity index is 0.000000791. The Morgan fingerprint density at radius 2 is 1.93 bits per heavy atom. The van der Waals surface area contributed by atoms with E-state index in [0.29, 0.717) is 0 Å². The van der Waals surface area contributed by atoms with Crippen LogP contribution in [0.15, 0.2) is 24.7 Å². The van der Waals surface area contributed by atoms with Crippen LogP contribution in [0.4, 0.5) is 0 Å². The summed E-state index contributed by atoms with van der Waals surface area (Å²) in [5.41, 5.74) is 3.24. The summed E-state index contributed by atoms with van der Waals surface area (Å²) in [4.78, 5) is 5.54. The maximum Gasteiger partial charge on any atom is 0.0801 e. The molecule has 2 heteroatoms. The van der Waals surface area contributed by atoms with Gasteiger partial charge in [0.05, 0.1) is 11.2 Å². The van der Waals surface area contributed by atoms with Crippen molar-refractivity contribution < 1.29 is 0 Å². The van der Waals surface area contributed by atoms with E-state index in [9.17, 15) is 0 Å². The zero-order valence-electron chi connectivity index (χ0n) is 9.50. The third-order valence-corrected chi connectivity index (χ3v) is 2.30. The molecule has 1 heterocycles. The van der Waals surface area contributed by atoms with E-state index in [0.717, 1.165) is 5.69 Å². The predicted molar refractivity (Wildman–Crippen MR) is 66.6 cm³/mol. The lowest BCUT2D eigenvalue weighted by atomic mass is 9.96. The Morgan fingerprint density at radius 1 is 1.36 bits per heavy atom. The molecule has 0 aliphatic rings. The summed E-state index contributed by atoms with van der Waals surface area (Å²) >= 11 is 1.69. The highest BCUT2D eigenvalue weighted by atomic mass is 32.1. The molecule has 0 aliphatic heterocycles. The van der Waals surface area contributed by atoms with Crippen molar-refractivity contribution in [3.63, 3.8) is 0 Å². The number of hydrogen-bond acceptors (Lipinski definition) is 2. The second-order valence-corrected chi connectivity index (χ2v) is 5.05. The van der Waals surface area contributed by atoms with Crippen molar-refractivity contribution in [2.45, 2.75) is 27.7 Å². The van der Waals surface area contributed by atoms with E-state index in [-0.39, 0.29) is 5.41 Å². The van der Waals surface area contributed by atoms with Gasteiger partial charge in [0, 0.05) is 4.88 Å². The zero-order chi connectivity index (χ0) is 11.2. The van der Waals surface area contributed by atoms with Crippen LogP contribution in [0.3, 0.4) is 0 Å². The average molecular weight is 209 g/mol. The van der Waals surface area contributed by atoms with Crippen LogP contribution in [-0.2, 0) is 0 Å². The summed E-state index contributed by atoms with van der Waals surface area (Å²) in [5, 5.41) is 0. The molecule has 0 aliphatic carbocycles. The molecule has 0 radical (unpaired) electrons. The molecule has 1 aromatic rings. The molecule has 1 aromatic heterocycles. The number of aryl methyl sites for hydroxylation is 1. The minimum absolute atomic E-state index is 0.246. The Morgan fingerprint density at radius 3 is 2.29 bits per heavy atom. The molecular formula is C12H19NS. The molecule has 0 spiro atoms. The molecule has 0 bridgehead atoms. The minimum Gasteiger partial charge on any atom is -0.245 e. The Bertz CT molecular complexity index is 292. The Kier molecular flexibility index (Phi) is 5.39. The van der Waals surface area contributed by atoms with Gasteiger partial charge in [-0.2, -0.15) is 0 Å².